The number of pyridine rings is 1. The second-order valence-electron chi connectivity index (χ2n) is 3.44. The minimum Gasteiger partial charge on any atom is -0.482 e. The molecule has 0 aromatic carbocycles. The van der Waals surface area contributed by atoms with Gasteiger partial charge in [-0.3, -0.25) is 0 Å². The monoisotopic (exact) mass is 253 g/mol. The minimum atomic E-state index is 0.221. The molecule has 0 unspecified atom stereocenters. The van der Waals surface area contributed by atoms with Gasteiger partial charge in [0.1, 0.15) is 0 Å². The quantitative estimate of drug-likeness (QED) is 0.767. The van der Waals surface area contributed by atoms with Crippen molar-refractivity contribution in [3.63, 3.8) is 0 Å². The summed E-state index contributed by atoms with van der Waals surface area (Å²) in [7, 11) is 0. The summed E-state index contributed by atoms with van der Waals surface area (Å²) in [5.41, 5.74) is 0. The SMILES string of the molecule is CCCc1nc(COc2cccnc2Cl)no1. The summed E-state index contributed by atoms with van der Waals surface area (Å²) in [4.78, 5) is 8.08. The van der Waals surface area contributed by atoms with Crippen LogP contribution in [0, 0.1) is 0 Å². The van der Waals surface area contributed by atoms with E-state index in [1.54, 1.807) is 18.3 Å². The average Bonchev–Trinajstić information content (AvgIpc) is 2.76. The van der Waals surface area contributed by atoms with Crippen molar-refractivity contribution >= 4 is 11.6 Å². The Morgan fingerprint density at radius 2 is 2.35 bits per heavy atom. The molecule has 0 aliphatic heterocycles. The lowest BCUT2D eigenvalue weighted by atomic mass is 10.3. The first kappa shape index (κ1) is 11.9. The maximum Gasteiger partial charge on any atom is 0.226 e. The van der Waals surface area contributed by atoms with Crippen LogP contribution in [0.2, 0.25) is 5.15 Å². The van der Waals surface area contributed by atoms with Gasteiger partial charge in [0.15, 0.2) is 17.5 Å². The highest BCUT2D eigenvalue weighted by atomic mass is 35.5. The van der Waals surface area contributed by atoms with Crippen molar-refractivity contribution in [3.05, 3.63) is 35.2 Å². The fourth-order valence-corrected chi connectivity index (χ4v) is 1.46. The van der Waals surface area contributed by atoms with Crippen molar-refractivity contribution in [2.75, 3.05) is 0 Å². The number of halogens is 1. The van der Waals surface area contributed by atoms with E-state index in [9.17, 15) is 0 Å². The lowest BCUT2D eigenvalue weighted by Crippen LogP contribution is -1.98. The molecule has 0 aliphatic carbocycles. The molecule has 5 nitrogen and oxygen atoms in total. The normalized spacial score (nSPS) is 10.5. The van der Waals surface area contributed by atoms with E-state index in [1.165, 1.54) is 0 Å². The van der Waals surface area contributed by atoms with Gasteiger partial charge in [-0.2, -0.15) is 4.98 Å². The Balaban J connectivity index is 1.95. The standard InChI is InChI=1S/C11H12ClN3O2/c1-2-4-10-14-9(15-17-10)7-16-8-5-3-6-13-11(8)12/h3,5-6H,2,4,7H2,1H3. The van der Waals surface area contributed by atoms with Crippen LogP contribution in [0.1, 0.15) is 25.1 Å². The van der Waals surface area contributed by atoms with Crippen molar-refractivity contribution < 1.29 is 9.26 Å². The molecule has 2 rings (SSSR count). The lowest BCUT2D eigenvalue weighted by molar-refractivity contribution is 0.284. The third-order valence-electron chi connectivity index (χ3n) is 2.06. The first-order chi connectivity index (χ1) is 8.29. The van der Waals surface area contributed by atoms with Crippen LogP contribution >= 0.6 is 11.6 Å². The van der Waals surface area contributed by atoms with E-state index in [0.29, 0.717) is 22.6 Å². The molecule has 90 valence electrons. The zero-order valence-corrected chi connectivity index (χ0v) is 10.1. The van der Waals surface area contributed by atoms with E-state index < -0.39 is 0 Å². The van der Waals surface area contributed by atoms with Gasteiger partial charge in [-0.05, 0) is 18.6 Å². The molecule has 2 aromatic rings. The van der Waals surface area contributed by atoms with Crippen LogP contribution in [0.5, 0.6) is 5.75 Å². The predicted molar refractivity (Wildman–Crippen MR) is 61.9 cm³/mol. The highest BCUT2D eigenvalue weighted by molar-refractivity contribution is 6.30. The topological polar surface area (TPSA) is 61.0 Å². The van der Waals surface area contributed by atoms with Crippen LogP contribution < -0.4 is 4.74 Å². The van der Waals surface area contributed by atoms with Gasteiger partial charge < -0.3 is 9.26 Å². The number of aromatic nitrogens is 3. The summed E-state index contributed by atoms with van der Waals surface area (Å²) in [6.45, 7) is 2.27. The van der Waals surface area contributed by atoms with E-state index in [2.05, 4.69) is 22.0 Å². The Hall–Kier alpha value is -1.62. The molecule has 0 fully saturated rings. The van der Waals surface area contributed by atoms with Crippen LogP contribution in [-0.4, -0.2) is 15.1 Å². The highest BCUT2D eigenvalue weighted by Crippen LogP contribution is 2.21. The van der Waals surface area contributed by atoms with E-state index in [1.807, 2.05) is 0 Å². The van der Waals surface area contributed by atoms with Crippen LogP contribution in [-0.2, 0) is 13.0 Å². The van der Waals surface area contributed by atoms with Gasteiger partial charge in [-0.1, -0.05) is 23.7 Å². The predicted octanol–water partition coefficient (Wildman–Crippen LogP) is 2.65. The summed E-state index contributed by atoms with van der Waals surface area (Å²) in [6.07, 6.45) is 3.35. The highest BCUT2D eigenvalue weighted by Gasteiger charge is 2.07. The number of aryl methyl sites for hydroxylation is 1. The van der Waals surface area contributed by atoms with E-state index in [4.69, 9.17) is 20.9 Å². The number of rotatable bonds is 5. The third-order valence-corrected chi connectivity index (χ3v) is 2.34. The number of nitrogens with zero attached hydrogens (tertiary/aromatic N) is 3. The second-order valence-corrected chi connectivity index (χ2v) is 3.79. The fraction of sp³-hybridized carbons (Fsp3) is 0.364. The number of hydrogen-bond donors (Lipinski definition) is 0. The largest absolute Gasteiger partial charge is 0.482 e. The Kier molecular flexibility index (Phi) is 3.93. The average molecular weight is 254 g/mol. The molecule has 0 atom stereocenters. The minimum absolute atomic E-state index is 0.221. The summed E-state index contributed by atoms with van der Waals surface area (Å²) >= 11 is 5.85. The van der Waals surface area contributed by atoms with Gasteiger partial charge in [0.25, 0.3) is 0 Å². The molecule has 0 aliphatic rings. The molecular weight excluding hydrogens is 242 g/mol. The Morgan fingerprint density at radius 3 is 3.12 bits per heavy atom. The van der Waals surface area contributed by atoms with Gasteiger partial charge >= 0.3 is 0 Å². The number of hydrogen-bond acceptors (Lipinski definition) is 5. The lowest BCUT2D eigenvalue weighted by Gasteiger charge is -2.03. The van der Waals surface area contributed by atoms with Gasteiger partial charge in [-0.15, -0.1) is 0 Å². The fourth-order valence-electron chi connectivity index (χ4n) is 1.29. The molecule has 0 N–H and O–H groups in total. The number of ether oxygens (including phenoxy) is 1. The van der Waals surface area contributed by atoms with Crippen molar-refractivity contribution in [1.82, 2.24) is 15.1 Å². The maximum atomic E-state index is 5.85. The molecule has 2 aromatic heterocycles. The molecule has 17 heavy (non-hydrogen) atoms. The molecule has 6 heteroatoms. The maximum absolute atomic E-state index is 5.85. The summed E-state index contributed by atoms with van der Waals surface area (Å²) in [6, 6.07) is 3.49. The Labute approximate surface area is 104 Å². The van der Waals surface area contributed by atoms with Crippen LogP contribution in [0.3, 0.4) is 0 Å². The van der Waals surface area contributed by atoms with E-state index in [-0.39, 0.29) is 6.61 Å². The van der Waals surface area contributed by atoms with Gasteiger partial charge in [0, 0.05) is 12.6 Å². The van der Waals surface area contributed by atoms with Crippen molar-refractivity contribution in [2.45, 2.75) is 26.4 Å². The van der Waals surface area contributed by atoms with Gasteiger partial charge in [-0.25, -0.2) is 4.98 Å². The second kappa shape index (κ2) is 5.63. The van der Waals surface area contributed by atoms with Gasteiger partial charge in [0.2, 0.25) is 11.7 Å². The zero-order chi connectivity index (χ0) is 12.1. The molecule has 0 radical (unpaired) electrons. The van der Waals surface area contributed by atoms with Crippen LogP contribution in [0.4, 0.5) is 0 Å². The van der Waals surface area contributed by atoms with Crippen molar-refractivity contribution in [3.8, 4) is 5.75 Å². The molecular formula is C11H12ClN3O2. The van der Waals surface area contributed by atoms with Crippen molar-refractivity contribution in [1.29, 1.82) is 0 Å². The first-order valence-electron chi connectivity index (χ1n) is 5.34. The van der Waals surface area contributed by atoms with E-state index >= 15 is 0 Å². The zero-order valence-electron chi connectivity index (χ0n) is 9.39. The van der Waals surface area contributed by atoms with Crippen LogP contribution in [0.15, 0.2) is 22.9 Å². The summed E-state index contributed by atoms with van der Waals surface area (Å²) in [5.74, 6) is 1.65. The van der Waals surface area contributed by atoms with Crippen molar-refractivity contribution in [2.24, 2.45) is 0 Å². The molecule has 2 heterocycles. The molecule has 0 amide bonds. The smallest absolute Gasteiger partial charge is 0.226 e. The summed E-state index contributed by atoms with van der Waals surface area (Å²) < 4.78 is 10.5. The van der Waals surface area contributed by atoms with E-state index in [0.717, 1.165) is 12.8 Å². The molecule has 0 spiro atoms. The Bertz CT molecular complexity index is 487. The third kappa shape index (κ3) is 3.17. The molecule has 0 saturated heterocycles. The summed E-state index contributed by atoms with van der Waals surface area (Å²) in [5, 5.41) is 4.13. The molecule has 0 saturated carbocycles. The first-order valence-corrected chi connectivity index (χ1v) is 5.72. The van der Waals surface area contributed by atoms with Gasteiger partial charge in [0.05, 0.1) is 0 Å². The molecule has 0 bridgehead atoms. The Morgan fingerprint density at radius 1 is 1.47 bits per heavy atom. The van der Waals surface area contributed by atoms with Crippen LogP contribution in [0.25, 0.3) is 0 Å².